The average molecular weight is 427 g/mol. The number of carboxylic acids is 1. The van der Waals surface area contributed by atoms with Crippen molar-refractivity contribution in [1.82, 2.24) is 9.88 Å². The molecule has 1 amide bonds. The Balaban J connectivity index is 0.000000298. The normalized spacial score (nSPS) is 21.2. The van der Waals surface area contributed by atoms with E-state index in [0.717, 1.165) is 38.2 Å². The number of halogens is 3. The highest BCUT2D eigenvalue weighted by Crippen LogP contribution is 2.33. The fourth-order valence-electron chi connectivity index (χ4n) is 3.68. The lowest BCUT2D eigenvalue weighted by atomic mass is 9.88. The number of hydrogen-bond acceptors (Lipinski definition) is 5. The molecule has 0 bridgehead atoms. The van der Waals surface area contributed by atoms with Crippen molar-refractivity contribution < 1.29 is 27.9 Å². The molecule has 4 rings (SSSR count). The molecule has 2 aliphatic rings. The van der Waals surface area contributed by atoms with E-state index in [0.29, 0.717) is 11.8 Å². The number of aliphatic carboxylic acids is 1. The Kier molecular flexibility index (Phi) is 6.41. The molecule has 4 heterocycles. The number of carbonyl (C=O) groups excluding carboxylic acids is 1. The molecular formula is C19H20F3N3O3S. The maximum absolute atomic E-state index is 12.5. The molecule has 10 heteroatoms. The zero-order chi connectivity index (χ0) is 21.0. The zero-order valence-corrected chi connectivity index (χ0v) is 16.2. The Labute approximate surface area is 169 Å². The standard InChI is InChI=1S/C17H19N3OS.C2HF3O2/c21-17(14-4-7-22-12-14)20-9-13-3-6-19(10-15(13)11-20)16-2-1-5-18-8-16;3-2(4,5)1(6)7/h1-2,4-5,7-8,12-13,15H,3,6,9-11H2;(H,6,7)/t13-,15+;/m0./s1. The summed E-state index contributed by atoms with van der Waals surface area (Å²) in [6.45, 7) is 3.90. The summed E-state index contributed by atoms with van der Waals surface area (Å²) >= 11 is 1.59. The van der Waals surface area contributed by atoms with Crippen molar-refractivity contribution in [3.05, 3.63) is 46.9 Å². The smallest absolute Gasteiger partial charge is 0.475 e. The van der Waals surface area contributed by atoms with Crippen LogP contribution in [-0.2, 0) is 4.79 Å². The molecule has 2 saturated heterocycles. The molecule has 0 aliphatic carbocycles. The van der Waals surface area contributed by atoms with E-state index >= 15 is 0 Å². The number of aromatic nitrogens is 1. The van der Waals surface area contributed by atoms with E-state index in [1.54, 1.807) is 11.3 Å². The summed E-state index contributed by atoms with van der Waals surface area (Å²) in [5, 5.41) is 11.0. The third-order valence-electron chi connectivity index (χ3n) is 5.11. The number of nitrogens with zero attached hydrogens (tertiary/aromatic N) is 3. The first-order valence-electron chi connectivity index (χ1n) is 9.02. The molecule has 156 valence electrons. The predicted molar refractivity (Wildman–Crippen MR) is 102 cm³/mol. The maximum atomic E-state index is 12.5. The van der Waals surface area contributed by atoms with Gasteiger partial charge in [-0.3, -0.25) is 9.78 Å². The number of pyridine rings is 1. The number of fused-ring (bicyclic) bond motifs is 1. The van der Waals surface area contributed by atoms with E-state index in [1.165, 1.54) is 5.69 Å². The summed E-state index contributed by atoms with van der Waals surface area (Å²) in [6.07, 6.45) is -0.177. The number of hydrogen-bond donors (Lipinski definition) is 1. The Morgan fingerprint density at radius 2 is 1.90 bits per heavy atom. The minimum atomic E-state index is -5.08. The van der Waals surface area contributed by atoms with Gasteiger partial charge in [-0.1, -0.05) is 0 Å². The second-order valence-electron chi connectivity index (χ2n) is 6.99. The van der Waals surface area contributed by atoms with Gasteiger partial charge < -0.3 is 14.9 Å². The first-order chi connectivity index (χ1) is 13.8. The van der Waals surface area contributed by atoms with Crippen LogP contribution >= 0.6 is 11.3 Å². The molecule has 2 aliphatic heterocycles. The van der Waals surface area contributed by atoms with Gasteiger partial charge in [-0.25, -0.2) is 4.79 Å². The molecule has 29 heavy (non-hydrogen) atoms. The molecule has 0 radical (unpaired) electrons. The van der Waals surface area contributed by atoms with Crippen LogP contribution < -0.4 is 4.90 Å². The van der Waals surface area contributed by atoms with Crippen LogP contribution in [0.5, 0.6) is 0 Å². The lowest BCUT2D eigenvalue weighted by molar-refractivity contribution is -0.192. The van der Waals surface area contributed by atoms with Crippen molar-refractivity contribution in [2.24, 2.45) is 11.8 Å². The van der Waals surface area contributed by atoms with E-state index in [4.69, 9.17) is 9.90 Å². The van der Waals surface area contributed by atoms with Gasteiger partial charge in [0.1, 0.15) is 0 Å². The molecular weight excluding hydrogens is 407 g/mol. The first-order valence-corrected chi connectivity index (χ1v) is 9.96. The molecule has 2 atom stereocenters. The number of carbonyl (C=O) groups is 2. The van der Waals surface area contributed by atoms with Gasteiger partial charge in [0.15, 0.2) is 0 Å². The maximum Gasteiger partial charge on any atom is 0.490 e. The molecule has 2 fully saturated rings. The zero-order valence-electron chi connectivity index (χ0n) is 15.4. The van der Waals surface area contributed by atoms with E-state index in [-0.39, 0.29) is 5.91 Å². The second kappa shape index (κ2) is 8.81. The van der Waals surface area contributed by atoms with Crippen molar-refractivity contribution in [3.8, 4) is 0 Å². The number of amides is 1. The Bertz CT molecular complexity index is 830. The summed E-state index contributed by atoms with van der Waals surface area (Å²) in [5.41, 5.74) is 2.04. The van der Waals surface area contributed by atoms with E-state index in [9.17, 15) is 18.0 Å². The van der Waals surface area contributed by atoms with Gasteiger partial charge in [-0.05, 0) is 41.8 Å². The number of piperidine rings is 1. The fraction of sp³-hybridized carbons (Fsp3) is 0.421. The fourth-order valence-corrected chi connectivity index (χ4v) is 4.31. The second-order valence-corrected chi connectivity index (χ2v) is 7.77. The van der Waals surface area contributed by atoms with Crippen LogP contribution in [0.1, 0.15) is 16.8 Å². The summed E-state index contributed by atoms with van der Waals surface area (Å²) < 4.78 is 31.7. The van der Waals surface area contributed by atoms with Crippen LogP contribution in [0.25, 0.3) is 0 Å². The van der Waals surface area contributed by atoms with E-state index in [2.05, 4.69) is 16.0 Å². The monoisotopic (exact) mass is 427 g/mol. The molecule has 2 aromatic heterocycles. The quantitative estimate of drug-likeness (QED) is 0.796. The highest BCUT2D eigenvalue weighted by molar-refractivity contribution is 7.08. The van der Waals surface area contributed by atoms with E-state index in [1.807, 2.05) is 40.2 Å². The summed E-state index contributed by atoms with van der Waals surface area (Å²) in [5.74, 6) is -1.33. The summed E-state index contributed by atoms with van der Waals surface area (Å²) in [7, 11) is 0. The van der Waals surface area contributed by atoms with Crippen molar-refractivity contribution in [2.45, 2.75) is 12.6 Å². The van der Waals surface area contributed by atoms with Gasteiger partial charge in [0, 0.05) is 37.8 Å². The summed E-state index contributed by atoms with van der Waals surface area (Å²) in [4.78, 5) is 30.1. The topological polar surface area (TPSA) is 73.7 Å². The van der Waals surface area contributed by atoms with Gasteiger partial charge in [-0.2, -0.15) is 24.5 Å². The molecule has 0 spiro atoms. The molecule has 1 N–H and O–H groups in total. The number of rotatable bonds is 2. The minimum absolute atomic E-state index is 0.198. The Hall–Kier alpha value is -2.62. The minimum Gasteiger partial charge on any atom is -0.475 e. The number of alkyl halides is 3. The number of carboxylic acid groups (broad SMARTS) is 1. The van der Waals surface area contributed by atoms with Crippen LogP contribution in [0.3, 0.4) is 0 Å². The third-order valence-corrected chi connectivity index (χ3v) is 5.79. The average Bonchev–Trinajstić information content (AvgIpc) is 3.37. The van der Waals surface area contributed by atoms with Gasteiger partial charge in [-0.15, -0.1) is 0 Å². The third kappa shape index (κ3) is 5.26. The highest BCUT2D eigenvalue weighted by Gasteiger charge is 2.39. The van der Waals surface area contributed by atoms with Crippen molar-refractivity contribution >= 4 is 28.9 Å². The first kappa shape index (κ1) is 21.1. The number of thiophene rings is 1. The van der Waals surface area contributed by atoms with Crippen LogP contribution in [0, 0.1) is 11.8 Å². The van der Waals surface area contributed by atoms with Crippen LogP contribution in [0.4, 0.5) is 18.9 Å². The van der Waals surface area contributed by atoms with Gasteiger partial charge in [0.2, 0.25) is 0 Å². The van der Waals surface area contributed by atoms with Crippen molar-refractivity contribution in [3.63, 3.8) is 0 Å². The number of likely N-dealkylation sites (tertiary alicyclic amines) is 1. The van der Waals surface area contributed by atoms with Crippen molar-refractivity contribution in [2.75, 3.05) is 31.1 Å². The van der Waals surface area contributed by atoms with Crippen LogP contribution in [0.15, 0.2) is 41.4 Å². The van der Waals surface area contributed by atoms with Gasteiger partial charge >= 0.3 is 12.1 Å². The Morgan fingerprint density at radius 1 is 1.17 bits per heavy atom. The van der Waals surface area contributed by atoms with Gasteiger partial charge in [0.25, 0.3) is 5.91 Å². The molecule has 0 aromatic carbocycles. The van der Waals surface area contributed by atoms with E-state index < -0.39 is 12.1 Å². The molecule has 0 unspecified atom stereocenters. The number of anilines is 1. The lowest BCUT2D eigenvalue weighted by Crippen LogP contribution is -2.40. The van der Waals surface area contributed by atoms with Crippen LogP contribution in [0.2, 0.25) is 0 Å². The highest BCUT2D eigenvalue weighted by atomic mass is 32.1. The largest absolute Gasteiger partial charge is 0.490 e. The SMILES string of the molecule is O=C(O)C(F)(F)F.O=C(c1ccsc1)N1C[C@@H]2CCN(c3cccnc3)C[C@@H]2C1. The van der Waals surface area contributed by atoms with Crippen molar-refractivity contribution in [1.29, 1.82) is 0 Å². The summed E-state index contributed by atoms with van der Waals surface area (Å²) in [6, 6.07) is 6.04. The Morgan fingerprint density at radius 3 is 2.48 bits per heavy atom. The van der Waals surface area contributed by atoms with Gasteiger partial charge in [0.05, 0.1) is 17.4 Å². The van der Waals surface area contributed by atoms with Crippen LogP contribution in [-0.4, -0.2) is 59.2 Å². The molecule has 0 saturated carbocycles. The lowest BCUT2D eigenvalue weighted by Gasteiger charge is -2.35. The molecule has 2 aromatic rings. The predicted octanol–water partition coefficient (Wildman–Crippen LogP) is 3.37. The molecule has 6 nitrogen and oxygen atoms in total.